The molecule has 0 radical (unpaired) electrons. The van der Waals surface area contributed by atoms with Gasteiger partial charge in [-0.05, 0) is 40.5 Å². The van der Waals surface area contributed by atoms with Gasteiger partial charge in [0.2, 0.25) is 0 Å². The number of ether oxygens (including phenoxy) is 4. The molecule has 0 amide bonds. The molecular formula is C31H32ClN7O9. The zero-order chi connectivity index (χ0) is 33.8. The fourth-order valence-corrected chi connectivity index (χ4v) is 6.06. The number of rotatable bonds is 13. The van der Waals surface area contributed by atoms with E-state index in [9.17, 15) is 19.7 Å². The molecule has 2 aromatic heterocycles. The van der Waals surface area contributed by atoms with Crippen LogP contribution in [0.25, 0.3) is 22.5 Å². The van der Waals surface area contributed by atoms with E-state index in [1.807, 2.05) is 55.5 Å². The van der Waals surface area contributed by atoms with Gasteiger partial charge >= 0.3 is 11.9 Å². The molecule has 4 aromatic rings. The lowest BCUT2D eigenvalue weighted by Crippen LogP contribution is -2.38. The molecule has 4 heterocycles. The van der Waals surface area contributed by atoms with Gasteiger partial charge in [-0.15, -0.1) is 15.2 Å². The van der Waals surface area contributed by atoms with E-state index in [4.69, 9.17) is 30.5 Å². The highest BCUT2D eigenvalue weighted by molar-refractivity contribution is 6.32. The number of hydrogen-bond acceptors (Lipinski definition) is 13. The number of aryl methyl sites for hydroxylation is 1. The number of fused-ring (bicyclic) bond motifs is 1. The van der Waals surface area contributed by atoms with E-state index >= 15 is 0 Å². The number of carbonyl (C=O) groups is 2. The number of aromatic nitrogens is 6. The third kappa shape index (κ3) is 7.00. The Bertz CT molecular complexity index is 1770. The van der Waals surface area contributed by atoms with Crippen molar-refractivity contribution in [1.82, 2.24) is 30.2 Å². The van der Waals surface area contributed by atoms with Gasteiger partial charge in [0, 0.05) is 18.5 Å². The largest absolute Gasteiger partial charge is 0.454 e. The van der Waals surface area contributed by atoms with Gasteiger partial charge in [-0.25, -0.2) is 19.7 Å². The summed E-state index contributed by atoms with van der Waals surface area (Å²) in [6, 6.07) is 15.6. The minimum absolute atomic E-state index is 0.0119. The highest BCUT2D eigenvalue weighted by Gasteiger charge is 2.51. The van der Waals surface area contributed by atoms with Crippen molar-refractivity contribution in [3.05, 3.63) is 80.9 Å². The minimum Gasteiger partial charge on any atom is -0.454 e. The molecule has 2 saturated heterocycles. The third-order valence-electron chi connectivity index (χ3n) is 8.15. The SMILES string of the molecule is CCCCc1nc(Cl)c(C(=O)O[C@H](C)C(=O)O[C@H]2CO[C@H]3[C@@H]2OC[C@H]3O[N+](=O)[O-])n1Cc1ccc(-c2ccccc2-c2nnn[nH]2)cc1. The number of H-pyrrole nitrogens is 1. The molecule has 252 valence electrons. The summed E-state index contributed by atoms with van der Waals surface area (Å²) in [5.74, 6) is -0.531. The van der Waals surface area contributed by atoms with E-state index < -0.39 is 47.5 Å². The predicted molar refractivity (Wildman–Crippen MR) is 166 cm³/mol. The smallest absolute Gasteiger partial charge is 0.359 e. The summed E-state index contributed by atoms with van der Waals surface area (Å²) in [6.45, 7) is 3.55. The van der Waals surface area contributed by atoms with Crippen LogP contribution in [0.15, 0.2) is 48.5 Å². The van der Waals surface area contributed by atoms with Crippen molar-refractivity contribution in [2.45, 2.75) is 70.2 Å². The molecule has 48 heavy (non-hydrogen) atoms. The number of carbonyl (C=O) groups excluding carboxylic acids is 2. The number of hydrogen-bond donors (Lipinski definition) is 1. The average molecular weight is 682 g/mol. The van der Waals surface area contributed by atoms with Crippen molar-refractivity contribution >= 4 is 23.5 Å². The average Bonchev–Trinajstić information content (AvgIpc) is 3.87. The minimum atomic E-state index is -1.32. The first kappa shape index (κ1) is 33.0. The number of benzene rings is 2. The lowest BCUT2D eigenvalue weighted by atomic mass is 9.98. The van der Waals surface area contributed by atoms with Crippen molar-refractivity contribution in [3.8, 4) is 22.5 Å². The molecule has 0 aliphatic carbocycles. The van der Waals surface area contributed by atoms with Crippen molar-refractivity contribution in [2.24, 2.45) is 0 Å². The first-order chi connectivity index (χ1) is 23.2. The van der Waals surface area contributed by atoms with Crippen LogP contribution in [-0.4, -0.2) is 90.9 Å². The highest BCUT2D eigenvalue weighted by atomic mass is 35.5. The number of esters is 2. The standard InChI is InChI=1S/C31H32ClN7O9/c1-3-4-9-24-33-28(32)25(31(41)46-17(2)30(40)47-22-15-44-27-23(48-39(42)43)16-45-26(22)27)38(24)14-18-10-12-19(13-11-18)20-7-5-6-8-21(20)29-34-36-37-35-29/h5-8,10-13,17,22-23,26-27H,3-4,9,14-16H2,1-2H3,(H,34,35,36,37)/t17-,22+,23-,26-,27-/m1/s1. The topological polar surface area (TPSA) is 196 Å². The monoisotopic (exact) mass is 681 g/mol. The highest BCUT2D eigenvalue weighted by Crippen LogP contribution is 2.32. The summed E-state index contributed by atoms with van der Waals surface area (Å²) in [7, 11) is 0. The predicted octanol–water partition coefficient (Wildman–Crippen LogP) is 3.61. The summed E-state index contributed by atoms with van der Waals surface area (Å²) >= 11 is 6.51. The summed E-state index contributed by atoms with van der Waals surface area (Å²) < 4.78 is 23.8. The first-order valence-corrected chi connectivity index (χ1v) is 15.7. The van der Waals surface area contributed by atoms with E-state index in [0.717, 1.165) is 35.1 Å². The molecule has 2 aromatic carbocycles. The Hall–Kier alpha value is -4.93. The number of halogens is 1. The molecule has 16 nitrogen and oxygen atoms in total. The maximum absolute atomic E-state index is 13.5. The van der Waals surface area contributed by atoms with E-state index in [0.29, 0.717) is 18.1 Å². The summed E-state index contributed by atoms with van der Waals surface area (Å²) in [5.41, 5.74) is 3.61. The van der Waals surface area contributed by atoms with Gasteiger partial charge in [-0.3, -0.25) is 0 Å². The maximum atomic E-state index is 13.5. The Kier molecular flexibility index (Phi) is 9.93. The van der Waals surface area contributed by atoms with Crippen molar-refractivity contribution in [1.29, 1.82) is 0 Å². The summed E-state index contributed by atoms with van der Waals surface area (Å²) in [5, 5.41) is 24.0. The zero-order valence-corrected chi connectivity index (χ0v) is 26.7. The summed E-state index contributed by atoms with van der Waals surface area (Å²) in [6.07, 6.45) is -2.34. The normalized spacial score (nSPS) is 20.6. The molecule has 1 N–H and O–H groups in total. The Labute approximate surface area is 278 Å². The van der Waals surface area contributed by atoms with Crippen LogP contribution in [0, 0.1) is 10.1 Å². The van der Waals surface area contributed by atoms with Crippen LogP contribution >= 0.6 is 11.6 Å². The van der Waals surface area contributed by atoms with Gasteiger partial charge in [-0.1, -0.05) is 73.5 Å². The van der Waals surface area contributed by atoms with Gasteiger partial charge in [-0.2, -0.15) is 0 Å². The van der Waals surface area contributed by atoms with E-state index in [1.165, 1.54) is 6.92 Å². The van der Waals surface area contributed by atoms with Gasteiger partial charge in [0.05, 0.1) is 13.2 Å². The molecule has 0 spiro atoms. The molecule has 2 aliphatic heterocycles. The van der Waals surface area contributed by atoms with Crippen molar-refractivity contribution < 1.29 is 38.5 Å². The molecule has 0 saturated carbocycles. The summed E-state index contributed by atoms with van der Waals surface area (Å²) in [4.78, 5) is 46.3. The second-order valence-corrected chi connectivity index (χ2v) is 11.7. The van der Waals surface area contributed by atoms with E-state index in [2.05, 4.69) is 30.4 Å². The van der Waals surface area contributed by atoms with Crippen LogP contribution in [0.3, 0.4) is 0 Å². The molecule has 2 aliphatic rings. The lowest BCUT2D eigenvalue weighted by Gasteiger charge is -2.20. The van der Waals surface area contributed by atoms with Crippen LogP contribution in [0.5, 0.6) is 0 Å². The van der Waals surface area contributed by atoms with Gasteiger partial charge < -0.3 is 28.4 Å². The first-order valence-electron chi connectivity index (χ1n) is 15.4. The lowest BCUT2D eigenvalue weighted by molar-refractivity contribution is -0.769. The second-order valence-electron chi connectivity index (χ2n) is 11.3. The number of aromatic amines is 1. The van der Waals surface area contributed by atoms with Gasteiger partial charge in [0.1, 0.15) is 18.0 Å². The van der Waals surface area contributed by atoms with Crippen LogP contribution in [0.1, 0.15) is 48.6 Å². The van der Waals surface area contributed by atoms with E-state index in [1.54, 1.807) is 4.57 Å². The molecule has 2 fully saturated rings. The number of unbranched alkanes of at least 4 members (excludes halogenated alkanes) is 1. The van der Waals surface area contributed by atoms with Gasteiger partial charge in [0.15, 0.2) is 35.0 Å². The van der Waals surface area contributed by atoms with Crippen LogP contribution < -0.4 is 0 Å². The Morgan fingerprint density at radius 3 is 2.50 bits per heavy atom. The van der Waals surface area contributed by atoms with Gasteiger partial charge in [0.25, 0.3) is 5.09 Å². The molecule has 5 atom stereocenters. The third-order valence-corrected chi connectivity index (χ3v) is 8.42. The van der Waals surface area contributed by atoms with E-state index in [-0.39, 0.29) is 30.6 Å². The van der Waals surface area contributed by atoms with Crippen molar-refractivity contribution in [2.75, 3.05) is 13.2 Å². The molecular weight excluding hydrogens is 650 g/mol. The Morgan fingerprint density at radius 2 is 1.81 bits per heavy atom. The van der Waals surface area contributed by atoms with Crippen LogP contribution in [-0.2, 0) is 41.5 Å². The molecule has 17 heteroatoms. The number of tetrazole rings is 1. The molecule has 0 unspecified atom stereocenters. The quantitative estimate of drug-likeness (QED) is 0.122. The maximum Gasteiger partial charge on any atom is 0.359 e. The fourth-order valence-electron chi connectivity index (χ4n) is 5.78. The second kappa shape index (κ2) is 14.5. The Balaban J connectivity index is 1.16. The van der Waals surface area contributed by atoms with Crippen LogP contribution in [0.4, 0.5) is 0 Å². The molecule has 0 bridgehead atoms. The molecule has 6 rings (SSSR count). The zero-order valence-electron chi connectivity index (χ0n) is 26.0. The Morgan fingerprint density at radius 1 is 1.10 bits per heavy atom. The number of nitrogens with one attached hydrogen (secondary N) is 1. The number of nitrogens with zero attached hydrogens (tertiary/aromatic N) is 6. The number of imidazole rings is 1. The fraction of sp³-hybridized carbons (Fsp3) is 0.419. The van der Waals surface area contributed by atoms with Crippen molar-refractivity contribution in [3.63, 3.8) is 0 Å². The van der Waals surface area contributed by atoms with Crippen LogP contribution in [0.2, 0.25) is 5.15 Å².